The van der Waals surface area contributed by atoms with Crippen molar-refractivity contribution in [3.63, 3.8) is 0 Å². The summed E-state index contributed by atoms with van der Waals surface area (Å²) in [5.41, 5.74) is -0.620. The summed E-state index contributed by atoms with van der Waals surface area (Å²) >= 11 is 0. The van der Waals surface area contributed by atoms with E-state index in [0.29, 0.717) is 13.1 Å². The Hall–Kier alpha value is -1.79. The van der Waals surface area contributed by atoms with Crippen molar-refractivity contribution >= 4 is 17.9 Å². The first kappa shape index (κ1) is 17.3. The number of nitrogens with one attached hydrogen (secondary N) is 2. The molecule has 0 bridgehead atoms. The third-order valence-electron chi connectivity index (χ3n) is 3.52. The number of amides is 3. The van der Waals surface area contributed by atoms with Gasteiger partial charge in [-0.1, -0.05) is 20.8 Å². The van der Waals surface area contributed by atoms with Gasteiger partial charge >= 0.3 is 12.0 Å². The molecule has 3 N–H and O–H groups in total. The van der Waals surface area contributed by atoms with Crippen LogP contribution in [0.15, 0.2) is 0 Å². The summed E-state index contributed by atoms with van der Waals surface area (Å²) in [7, 11) is 0. The van der Waals surface area contributed by atoms with Gasteiger partial charge in [-0.2, -0.15) is 0 Å². The molecule has 1 aliphatic rings. The average Bonchev–Trinajstić information content (AvgIpc) is 2.86. The summed E-state index contributed by atoms with van der Waals surface area (Å²) in [5, 5.41) is 14.1. The van der Waals surface area contributed by atoms with Crippen LogP contribution in [0.25, 0.3) is 0 Å². The van der Waals surface area contributed by atoms with Gasteiger partial charge in [-0.3, -0.25) is 4.79 Å². The third kappa shape index (κ3) is 4.91. The van der Waals surface area contributed by atoms with E-state index >= 15 is 0 Å². The van der Waals surface area contributed by atoms with E-state index < -0.39 is 29.5 Å². The lowest BCUT2D eigenvalue weighted by molar-refractivity contribution is -0.141. The number of likely N-dealkylation sites (tertiary alicyclic amines) is 1. The maximum absolute atomic E-state index is 12.1. The van der Waals surface area contributed by atoms with Gasteiger partial charge in [0.2, 0.25) is 5.91 Å². The Bertz CT molecular complexity index is 411. The van der Waals surface area contributed by atoms with Gasteiger partial charge in [0.05, 0.1) is 0 Å². The molecule has 0 spiro atoms. The fourth-order valence-corrected chi connectivity index (χ4v) is 2.29. The van der Waals surface area contributed by atoms with E-state index in [9.17, 15) is 14.4 Å². The van der Waals surface area contributed by atoms with Gasteiger partial charge in [0.1, 0.15) is 12.1 Å². The standard InChI is InChI=1S/C14H25N3O4/c1-9(11(18)17-7-5-6-8-17)15-13(21)16-10(12(19)20)14(2,3)4/h9-10H,5-8H2,1-4H3,(H,19,20)(H2,15,16,21)/t9?,10-/m0/s1. The zero-order valence-electron chi connectivity index (χ0n) is 13.1. The number of rotatable bonds is 4. The molecule has 7 heteroatoms. The Morgan fingerprint density at radius 2 is 1.62 bits per heavy atom. The number of aliphatic carboxylic acids is 1. The summed E-state index contributed by atoms with van der Waals surface area (Å²) in [6.45, 7) is 8.21. The number of carboxylic acids is 1. The highest BCUT2D eigenvalue weighted by atomic mass is 16.4. The van der Waals surface area contributed by atoms with Crippen molar-refractivity contribution in [3.8, 4) is 0 Å². The number of carbonyl (C=O) groups excluding carboxylic acids is 2. The molecule has 1 rings (SSSR count). The first-order chi connectivity index (χ1) is 9.62. The lowest BCUT2D eigenvalue weighted by Gasteiger charge is -2.28. The van der Waals surface area contributed by atoms with E-state index in [1.54, 1.807) is 32.6 Å². The van der Waals surface area contributed by atoms with Crippen LogP contribution in [0, 0.1) is 5.41 Å². The molecule has 2 atom stereocenters. The van der Waals surface area contributed by atoms with Crippen molar-refractivity contribution in [1.82, 2.24) is 15.5 Å². The second kappa shape index (κ2) is 6.78. The topological polar surface area (TPSA) is 98.7 Å². The number of carbonyl (C=O) groups is 3. The van der Waals surface area contributed by atoms with Crippen LogP contribution in [-0.4, -0.2) is 53.1 Å². The summed E-state index contributed by atoms with van der Waals surface area (Å²) in [5.74, 6) is -1.23. The van der Waals surface area contributed by atoms with Gasteiger partial charge in [-0.05, 0) is 25.2 Å². The highest BCUT2D eigenvalue weighted by Crippen LogP contribution is 2.19. The largest absolute Gasteiger partial charge is 0.480 e. The van der Waals surface area contributed by atoms with Gasteiger partial charge in [0.25, 0.3) is 0 Å². The van der Waals surface area contributed by atoms with Crippen molar-refractivity contribution < 1.29 is 19.5 Å². The van der Waals surface area contributed by atoms with Gasteiger partial charge in [0.15, 0.2) is 0 Å². The minimum absolute atomic E-state index is 0.134. The van der Waals surface area contributed by atoms with Crippen molar-refractivity contribution in [2.24, 2.45) is 5.41 Å². The van der Waals surface area contributed by atoms with Gasteiger partial charge in [-0.15, -0.1) is 0 Å². The van der Waals surface area contributed by atoms with E-state index in [2.05, 4.69) is 10.6 Å². The molecule has 1 fully saturated rings. The second-order valence-corrected chi connectivity index (χ2v) is 6.51. The van der Waals surface area contributed by atoms with Crippen LogP contribution in [0.2, 0.25) is 0 Å². The molecular weight excluding hydrogens is 274 g/mol. The molecule has 0 saturated carbocycles. The maximum atomic E-state index is 12.1. The highest BCUT2D eigenvalue weighted by Gasteiger charge is 2.33. The first-order valence-corrected chi connectivity index (χ1v) is 7.21. The summed E-state index contributed by atoms with van der Waals surface area (Å²) in [6.07, 6.45) is 1.96. The molecule has 3 amide bonds. The Morgan fingerprint density at radius 3 is 2.05 bits per heavy atom. The number of hydrogen-bond acceptors (Lipinski definition) is 3. The Labute approximate surface area is 125 Å². The van der Waals surface area contributed by atoms with Crippen molar-refractivity contribution in [3.05, 3.63) is 0 Å². The van der Waals surface area contributed by atoms with Crippen molar-refractivity contribution in [2.75, 3.05) is 13.1 Å². The molecule has 0 radical (unpaired) electrons. The lowest BCUT2D eigenvalue weighted by atomic mass is 9.87. The van der Waals surface area contributed by atoms with Crippen molar-refractivity contribution in [2.45, 2.75) is 52.6 Å². The molecule has 0 aromatic carbocycles. The van der Waals surface area contributed by atoms with Gasteiger partial charge in [0, 0.05) is 13.1 Å². The third-order valence-corrected chi connectivity index (χ3v) is 3.52. The van der Waals surface area contributed by atoms with Gasteiger partial charge in [-0.25, -0.2) is 9.59 Å². The van der Waals surface area contributed by atoms with E-state index in [1.807, 2.05) is 0 Å². The fraction of sp³-hybridized carbons (Fsp3) is 0.786. The molecule has 7 nitrogen and oxygen atoms in total. The number of nitrogens with zero attached hydrogens (tertiary/aromatic N) is 1. The van der Waals surface area contributed by atoms with E-state index in [0.717, 1.165) is 12.8 Å². The number of hydrogen-bond donors (Lipinski definition) is 3. The summed E-state index contributed by atoms with van der Waals surface area (Å²) < 4.78 is 0. The molecule has 0 aromatic heterocycles. The molecule has 1 unspecified atom stereocenters. The molecule has 0 aliphatic carbocycles. The minimum Gasteiger partial charge on any atom is -0.480 e. The number of urea groups is 1. The Balaban J connectivity index is 2.55. The fourth-order valence-electron chi connectivity index (χ4n) is 2.29. The predicted molar refractivity (Wildman–Crippen MR) is 77.8 cm³/mol. The van der Waals surface area contributed by atoms with Crippen LogP contribution in [0.3, 0.4) is 0 Å². The van der Waals surface area contributed by atoms with Crippen LogP contribution < -0.4 is 10.6 Å². The molecule has 0 aromatic rings. The Morgan fingerprint density at radius 1 is 1.10 bits per heavy atom. The molecular formula is C14H25N3O4. The molecule has 1 heterocycles. The lowest BCUT2D eigenvalue weighted by Crippen LogP contribution is -2.55. The molecule has 1 aliphatic heterocycles. The zero-order chi connectivity index (χ0) is 16.2. The van der Waals surface area contributed by atoms with E-state index in [1.165, 1.54) is 0 Å². The minimum atomic E-state index is -1.10. The SMILES string of the molecule is CC(NC(=O)N[C@@H](C(=O)O)C(C)(C)C)C(=O)N1CCCC1. The smallest absolute Gasteiger partial charge is 0.326 e. The Kier molecular flexibility index (Phi) is 5.57. The predicted octanol–water partition coefficient (Wildman–Crippen LogP) is 0.796. The normalized spacial score (nSPS) is 18.0. The monoisotopic (exact) mass is 299 g/mol. The zero-order valence-corrected chi connectivity index (χ0v) is 13.1. The van der Waals surface area contributed by atoms with Crippen LogP contribution >= 0.6 is 0 Å². The summed E-state index contributed by atoms with van der Waals surface area (Å²) in [4.78, 5) is 36.8. The van der Waals surface area contributed by atoms with E-state index in [-0.39, 0.29) is 5.91 Å². The van der Waals surface area contributed by atoms with Gasteiger partial charge < -0.3 is 20.6 Å². The maximum Gasteiger partial charge on any atom is 0.326 e. The number of carboxylic acid groups (broad SMARTS) is 1. The van der Waals surface area contributed by atoms with Crippen LogP contribution in [0.1, 0.15) is 40.5 Å². The van der Waals surface area contributed by atoms with E-state index in [4.69, 9.17) is 5.11 Å². The second-order valence-electron chi connectivity index (χ2n) is 6.51. The van der Waals surface area contributed by atoms with Crippen LogP contribution in [0.5, 0.6) is 0 Å². The van der Waals surface area contributed by atoms with Crippen molar-refractivity contribution in [1.29, 1.82) is 0 Å². The van der Waals surface area contributed by atoms with Crippen LogP contribution in [0.4, 0.5) is 4.79 Å². The first-order valence-electron chi connectivity index (χ1n) is 7.21. The molecule has 1 saturated heterocycles. The van der Waals surface area contributed by atoms with Crippen LogP contribution in [-0.2, 0) is 9.59 Å². The summed E-state index contributed by atoms with van der Waals surface area (Å²) in [6, 6.07) is -2.33. The quantitative estimate of drug-likeness (QED) is 0.715. The molecule has 21 heavy (non-hydrogen) atoms. The average molecular weight is 299 g/mol. The molecule has 120 valence electrons. The highest BCUT2D eigenvalue weighted by molar-refractivity contribution is 5.88.